The first-order chi connectivity index (χ1) is 23.8. The molecular weight excluding hydrogens is 591 g/mol. The summed E-state index contributed by atoms with van der Waals surface area (Å²) in [5, 5.41) is 0. The summed E-state index contributed by atoms with van der Waals surface area (Å²) in [7, 11) is 0. The van der Waals surface area contributed by atoms with Crippen molar-refractivity contribution in [3.8, 4) is 44.5 Å². The fraction of sp³-hybridized carbons (Fsp3) is 0.125. The first kappa shape index (κ1) is 30.7. The van der Waals surface area contributed by atoms with Crippen molar-refractivity contribution in [3.63, 3.8) is 0 Å². The normalized spacial score (nSPS) is 14.0. The Labute approximate surface area is 291 Å². The van der Waals surface area contributed by atoms with Crippen molar-refractivity contribution in [3.05, 3.63) is 187 Å². The average molecular weight is 632 g/mol. The molecule has 0 saturated carbocycles. The van der Waals surface area contributed by atoms with Crippen LogP contribution in [0.25, 0.3) is 44.5 Å². The molecule has 1 aliphatic rings. The first-order valence-electron chi connectivity index (χ1n) is 17.3. The second-order valence-electron chi connectivity index (χ2n) is 14.2. The molecule has 0 unspecified atom stereocenters. The summed E-state index contributed by atoms with van der Waals surface area (Å²) in [4.78, 5) is 2.45. The SMILES string of the molecule is CC1(C)c2ccccc2-c2ccc(-c3ccccc3N(c3cccc(-c4ccccc4)c3)c3ccccc3-c3ccccc3)cc2C1(C)C. The summed E-state index contributed by atoms with van der Waals surface area (Å²) in [5.41, 5.74) is 16.0. The number of anilines is 3. The van der Waals surface area contributed by atoms with Crippen molar-refractivity contribution in [2.24, 2.45) is 0 Å². The molecule has 0 heterocycles. The molecule has 0 bridgehead atoms. The van der Waals surface area contributed by atoms with Gasteiger partial charge < -0.3 is 4.90 Å². The third-order valence-electron chi connectivity index (χ3n) is 11.0. The van der Waals surface area contributed by atoms with Gasteiger partial charge in [-0.05, 0) is 85.7 Å². The fourth-order valence-electron chi connectivity index (χ4n) is 7.71. The minimum absolute atomic E-state index is 0.0345. The number of nitrogens with zero attached hydrogens (tertiary/aromatic N) is 1. The maximum atomic E-state index is 2.47. The minimum Gasteiger partial charge on any atom is -0.309 e. The molecule has 1 aliphatic carbocycles. The van der Waals surface area contributed by atoms with Crippen LogP contribution in [0.15, 0.2) is 176 Å². The van der Waals surface area contributed by atoms with E-state index in [4.69, 9.17) is 0 Å². The van der Waals surface area contributed by atoms with Gasteiger partial charge in [-0.3, -0.25) is 0 Å². The number of hydrogen-bond donors (Lipinski definition) is 0. The van der Waals surface area contributed by atoms with Crippen LogP contribution in [0.2, 0.25) is 0 Å². The van der Waals surface area contributed by atoms with Gasteiger partial charge in [0, 0.05) is 16.8 Å². The third kappa shape index (κ3) is 5.18. The van der Waals surface area contributed by atoms with Crippen molar-refractivity contribution in [2.45, 2.75) is 38.5 Å². The Bertz CT molecular complexity index is 2280. The van der Waals surface area contributed by atoms with Crippen LogP contribution in [0.1, 0.15) is 38.8 Å². The summed E-state index contributed by atoms with van der Waals surface area (Å²) in [5.74, 6) is 0. The van der Waals surface area contributed by atoms with Crippen LogP contribution in [0, 0.1) is 0 Å². The molecule has 0 aromatic heterocycles. The summed E-state index contributed by atoms with van der Waals surface area (Å²) in [6.45, 7) is 9.62. The number of para-hydroxylation sites is 2. The lowest BCUT2D eigenvalue weighted by Crippen LogP contribution is -2.43. The predicted octanol–water partition coefficient (Wildman–Crippen LogP) is 13.4. The number of fused-ring (bicyclic) bond motifs is 3. The number of rotatable bonds is 6. The maximum absolute atomic E-state index is 2.47. The second-order valence-corrected chi connectivity index (χ2v) is 14.2. The van der Waals surface area contributed by atoms with Crippen molar-refractivity contribution >= 4 is 17.1 Å². The highest BCUT2D eigenvalue weighted by Gasteiger charge is 2.45. The van der Waals surface area contributed by atoms with Crippen molar-refractivity contribution in [1.29, 1.82) is 0 Å². The molecule has 0 amide bonds. The molecule has 1 nitrogen and oxygen atoms in total. The van der Waals surface area contributed by atoms with E-state index in [0.717, 1.165) is 17.1 Å². The third-order valence-corrected chi connectivity index (χ3v) is 11.0. The molecule has 7 aromatic carbocycles. The highest BCUT2D eigenvalue weighted by Crippen LogP contribution is 2.55. The smallest absolute Gasteiger partial charge is 0.0540 e. The second kappa shape index (κ2) is 12.1. The van der Waals surface area contributed by atoms with E-state index in [0.29, 0.717) is 0 Å². The Morgan fingerprint density at radius 3 is 1.49 bits per heavy atom. The van der Waals surface area contributed by atoms with Crippen LogP contribution in [-0.2, 0) is 10.8 Å². The van der Waals surface area contributed by atoms with Gasteiger partial charge in [0.15, 0.2) is 0 Å². The summed E-state index contributed by atoms with van der Waals surface area (Å²) >= 11 is 0. The Morgan fingerprint density at radius 2 is 0.816 bits per heavy atom. The molecule has 0 saturated heterocycles. The van der Waals surface area contributed by atoms with Crippen molar-refractivity contribution in [1.82, 2.24) is 0 Å². The molecule has 1 heteroatoms. The molecule has 0 N–H and O–H groups in total. The van der Waals surface area contributed by atoms with Gasteiger partial charge in [-0.15, -0.1) is 0 Å². The lowest BCUT2D eigenvalue weighted by molar-refractivity contribution is 0.299. The van der Waals surface area contributed by atoms with Gasteiger partial charge in [-0.1, -0.05) is 173 Å². The summed E-state index contributed by atoms with van der Waals surface area (Å²) < 4.78 is 0. The monoisotopic (exact) mass is 631 g/mol. The van der Waals surface area contributed by atoms with Gasteiger partial charge in [-0.25, -0.2) is 0 Å². The first-order valence-corrected chi connectivity index (χ1v) is 17.3. The predicted molar refractivity (Wildman–Crippen MR) is 209 cm³/mol. The highest BCUT2D eigenvalue weighted by molar-refractivity contribution is 5.95. The average Bonchev–Trinajstić information content (AvgIpc) is 3.15. The standard InChI is InChI=1S/C48H41N/c1-47(2)43-27-14-11-26-41(43)42-31-30-37(33-44(42)48(47,3)4)40-25-13-16-29-46(40)49(38-23-17-22-36(32-38)34-18-7-5-8-19-34)45-28-15-12-24-39(45)35-20-9-6-10-21-35/h5-33H,1-4H3. The molecule has 49 heavy (non-hydrogen) atoms. The molecule has 0 atom stereocenters. The molecule has 8 rings (SSSR count). The topological polar surface area (TPSA) is 3.24 Å². The fourth-order valence-corrected chi connectivity index (χ4v) is 7.71. The van der Waals surface area contributed by atoms with E-state index in [1.165, 1.54) is 55.6 Å². The number of benzene rings is 7. The van der Waals surface area contributed by atoms with E-state index in [9.17, 15) is 0 Å². The Morgan fingerprint density at radius 1 is 0.327 bits per heavy atom. The summed E-state index contributed by atoms with van der Waals surface area (Å²) in [6.07, 6.45) is 0. The highest BCUT2D eigenvalue weighted by atomic mass is 15.1. The largest absolute Gasteiger partial charge is 0.309 e. The van der Waals surface area contributed by atoms with Gasteiger partial charge in [-0.2, -0.15) is 0 Å². The van der Waals surface area contributed by atoms with Crippen molar-refractivity contribution in [2.75, 3.05) is 4.90 Å². The van der Waals surface area contributed by atoms with E-state index < -0.39 is 0 Å². The Balaban J connectivity index is 1.36. The molecule has 7 aromatic rings. The zero-order chi connectivity index (χ0) is 33.6. The van der Waals surface area contributed by atoms with E-state index in [2.05, 4.69) is 209 Å². The van der Waals surface area contributed by atoms with E-state index in [1.54, 1.807) is 0 Å². The van der Waals surface area contributed by atoms with Crippen LogP contribution in [0.4, 0.5) is 17.1 Å². The van der Waals surface area contributed by atoms with E-state index in [1.807, 2.05) is 0 Å². The van der Waals surface area contributed by atoms with Crippen LogP contribution >= 0.6 is 0 Å². The van der Waals surface area contributed by atoms with Crippen LogP contribution in [0.5, 0.6) is 0 Å². The quantitative estimate of drug-likeness (QED) is 0.176. The molecule has 0 radical (unpaired) electrons. The number of hydrogen-bond acceptors (Lipinski definition) is 1. The van der Waals surface area contributed by atoms with Gasteiger partial charge in [0.1, 0.15) is 0 Å². The Kier molecular flexibility index (Phi) is 7.57. The van der Waals surface area contributed by atoms with E-state index >= 15 is 0 Å². The minimum atomic E-state index is -0.0781. The lowest BCUT2D eigenvalue weighted by Gasteiger charge is -2.48. The Hall–Kier alpha value is -5.66. The van der Waals surface area contributed by atoms with Crippen LogP contribution < -0.4 is 4.90 Å². The molecule has 0 fully saturated rings. The summed E-state index contributed by atoms with van der Waals surface area (Å²) in [6, 6.07) is 64.1. The van der Waals surface area contributed by atoms with Crippen LogP contribution in [0.3, 0.4) is 0 Å². The lowest BCUT2D eigenvalue weighted by atomic mass is 9.55. The maximum Gasteiger partial charge on any atom is 0.0540 e. The van der Waals surface area contributed by atoms with Crippen LogP contribution in [-0.4, -0.2) is 0 Å². The molecule has 238 valence electrons. The van der Waals surface area contributed by atoms with E-state index in [-0.39, 0.29) is 10.8 Å². The van der Waals surface area contributed by atoms with Gasteiger partial charge in [0.25, 0.3) is 0 Å². The molecular formula is C48H41N. The van der Waals surface area contributed by atoms with Gasteiger partial charge in [0.2, 0.25) is 0 Å². The van der Waals surface area contributed by atoms with Crippen molar-refractivity contribution < 1.29 is 0 Å². The van der Waals surface area contributed by atoms with Gasteiger partial charge >= 0.3 is 0 Å². The molecule has 0 aliphatic heterocycles. The van der Waals surface area contributed by atoms with Gasteiger partial charge in [0.05, 0.1) is 11.4 Å². The zero-order valence-corrected chi connectivity index (χ0v) is 28.7. The molecule has 0 spiro atoms. The zero-order valence-electron chi connectivity index (χ0n) is 28.7.